The third-order valence-electron chi connectivity index (χ3n) is 4.87. The molecule has 1 amide bonds. The van der Waals surface area contributed by atoms with Crippen molar-refractivity contribution in [2.45, 2.75) is 19.0 Å². The Hall–Kier alpha value is -2.99. The van der Waals surface area contributed by atoms with Crippen molar-refractivity contribution in [1.82, 2.24) is 20.4 Å². The van der Waals surface area contributed by atoms with Crippen molar-refractivity contribution in [3.8, 4) is 11.3 Å². The predicted octanol–water partition coefficient (Wildman–Crippen LogP) is 3.22. The van der Waals surface area contributed by atoms with Crippen LogP contribution >= 0.6 is 0 Å². The molecule has 5 nitrogen and oxygen atoms in total. The summed E-state index contributed by atoms with van der Waals surface area (Å²) < 4.78 is 13.1. The molecule has 0 bridgehead atoms. The third-order valence-corrected chi connectivity index (χ3v) is 4.87. The average Bonchev–Trinajstić information content (AvgIpc) is 3.33. The SMILES string of the molecule is O=C(NC1CCN(Cc2ccccc2)C1)c1cn[nH]c1-c1ccc(F)cc1. The van der Waals surface area contributed by atoms with Crippen LogP contribution in [-0.2, 0) is 6.54 Å². The molecule has 2 heterocycles. The highest BCUT2D eigenvalue weighted by Gasteiger charge is 2.25. The predicted molar refractivity (Wildman–Crippen MR) is 102 cm³/mol. The van der Waals surface area contributed by atoms with Crippen LogP contribution in [-0.4, -0.2) is 40.1 Å². The van der Waals surface area contributed by atoms with Crippen LogP contribution in [0.2, 0.25) is 0 Å². The zero-order chi connectivity index (χ0) is 18.6. The molecule has 1 atom stereocenters. The topological polar surface area (TPSA) is 61.0 Å². The summed E-state index contributed by atoms with van der Waals surface area (Å²) in [6.07, 6.45) is 2.44. The zero-order valence-corrected chi connectivity index (χ0v) is 14.9. The molecule has 4 rings (SSSR count). The van der Waals surface area contributed by atoms with Gasteiger partial charge in [0.15, 0.2) is 0 Å². The Bertz CT molecular complexity index is 907. The maximum absolute atomic E-state index is 13.1. The molecule has 2 aromatic carbocycles. The number of H-pyrrole nitrogens is 1. The molecule has 0 spiro atoms. The van der Waals surface area contributed by atoms with Crippen LogP contribution < -0.4 is 5.32 Å². The second-order valence-corrected chi connectivity index (χ2v) is 6.85. The second-order valence-electron chi connectivity index (χ2n) is 6.85. The van der Waals surface area contributed by atoms with Gasteiger partial charge in [-0.3, -0.25) is 14.8 Å². The minimum absolute atomic E-state index is 0.109. The van der Waals surface area contributed by atoms with Crippen LogP contribution in [0, 0.1) is 5.82 Å². The van der Waals surface area contributed by atoms with Crippen LogP contribution in [0.5, 0.6) is 0 Å². The summed E-state index contributed by atoms with van der Waals surface area (Å²) >= 11 is 0. The van der Waals surface area contributed by atoms with Crippen molar-refractivity contribution < 1.29 is 9.18 Å². The van der Waals surface area contributed by atoms with E-state index in [1.165, 1.54) is 23.9 Å². The summed E-state index contributed by atoms with van der Waals surface area (Å²) in [4.78, 5) is 15.1. The Labute approximate surface area is 157 Å². The molecule has 27 heavy (non-hydrogen) atoms. The van der Waals surface area contributed by atoms with Gasteiger partial charge in [-0.1, -0.05) is 30.3 Å². The van der Waals surface area contributed by atoms with E-state index in [1.807, 2.05) is 18.2 Å². The van der Waals surface area contributed by atoms with Gasteiger partial charge in [-0.05, 0) is 36.2 Å². The number of nitrogens with zero attached hydrogens (tertiary/aromatic N) is 2. The summed E-state index contributed by atoms with van der Waals surface area (Å²) in [6, 6.07) is 16.5. The molecular weight excluding hydrogens is 343 g/mol. The monoisotopic (exact) mass is 364 g/mol. The van der Waals surface area contributed by atoms with Crippen molar-refractivity contribution in [2.24, 2.45) is 0 Å². The van der Waals surface area contributed by atoms with Crippen molar-refractivity contribution in [2.75, 3.05) is 13.1 Å². The lowest BCUT2D eigenvalue weighted by Crippen LogP contribution is -2.37. The summed E-state index contributed by atoms with van der Waals surface area (Å²) in [7, 11) is 0. The molecule has 1 aromatic heterocycles. The van der Waals surface area contributed by atoms with Gasteiger partial charge in [-0.2, -0.15) is 5.10 Å². The van der Waals surface area contributed by atoms with E-state index in [2.05, 4.69) is 32.5 Å². The molecule has 138 valence electrons. The Morgan fingerprint density at radius 2 is 1.96 bits per heavy atom. The summed E-state index contributed by atoms with van der Waals surface area (Å²) in [5.74, 6) is -0.469. The van der Waals surface area contributed by atoms with Crippen molar-refractivity contribution in [3.05, 3.63) is 77.7 Å². The van der Waals surface area contributed by atoms with Gasteiger partial charge in [-0.25, -0.2) is 4.39 Å². The van der Waals surface area contributed by atoms with Gasteiger partial charge in [0.25, 0.3) is 5.91 Å². The number of aromatic amines is 1. The summed E-state index contributed by atoms with van der Waals surface area (Å²) in [5, 5.41) is 9.95. The number of likely N-dealkylation sites (tertiary alicyclic amines) is 1. The number of hydrogen-bond donors (Lipinski definition) is 2. The Morgan fingerprint density at radius 1 is 1.19 bits per heavy atom. The van der Waals surface area contributed by atoms with E-state index in [0.717, 1.165) is 31.6 Å². The lowest BCUT2D eigenvalue weighted by molar-refractivity contribution is 0.0938. The molecule has 1 unspecified atom stereocenters. The smallest absolute Gasteiger partial charge is 0.255 e. The van der Waals surface area contributed by atoms with Gasteiger partial charge < -0.3 is 5.32 Å². The van der Waals surface area contributed by atoms with Crippen LogP contribution in [0.4, 0.5) is 4.39 Å². The standard InChI is InChI=1S/C21H21FN4O/c22-17-8-6-16(7-9-17)20-19(12-23-25-20)21(27)24-18-10-11-26(14-18)13-15-4-2-1-3-5-15/h1-9,12,18H,10-11,13-14H2,(H,23,25)(H,24,27). The number of benzene rings is 2. The molecular formula is C21H21FN4O. The van der Waals surface area contributed by atoms with Crippen LogP contribution in [0.25, 0.3) is 11.3 Å². The van der Waals surface area contributed by atoms with Crippen LogP contribution in [0.1, 0.15) is 22.3 Å². The Morgan fingerprint density at radius 3 is 2.74 bits per heavy atom. The highest BCUT2D eigenvalue weighted by molar-refractivity contribution is 5.99. The fourth-order valence-corrected chi connectivity index (χ4v) is 3.49. The lowest BCUT2D eigenvalue weighted by Gasteiger charge is -2.17. The van der Waals surface area contributed by atoms with Gasteiger partial charge in [0.05, 0.1) is 17.5 Å². The molecule has 1 aliphatic rings. The van der Waals surface area contributed by atoms with E-state index in [1.54, 1.807) is 12.1 Å². The highest BCUT2D eigenvalue weighted by Crippen LogP contribution is 2.22. The number of carbonyl (C=O) groups excluding carboxylic acids is 1. The number of hydrogen-bond acceptors (Lipinski definition) is 3. The fraction of sp³-hybridized carbons (Fsp3) is 0.238. The van der Waals surface area contributed by atoms with Crippen LogP contribution in [0.15, 0.2) is 60.8 Å². The second kappa shape index (κ2) is 7.72. The van der Waals surface area contributed by atoms with E-state index in [4.69, 9.17) is 0 Å². The fourth-order valence-electron chi connectivity index (χ4n) is 3.49. The Kier molecular flexibility index (Phi) is 4.98. The molecule has 2 N–H and O–H groups in total. The molecule has 0 aliphatic carbocycles. The van der Waals surface area contributed by atoms with Gasteiger partial charge in [0.1, 0.15) is 5.82 Å². The average molecular weight is 364 g/mol. The number of nitrogens with one attached hydrogen (secondary N) is 2. The first-order valence-electron chi connectivity index (χ1n) is 9.05. The molecule has 0 radical (unpaired) electrons. The minimum atomic E-state index is -0.311. The molecule has 6 heteroatoms. The highest BCUT2D eigenvalue weighted by atomic mass is 19.1. The van der Waals surface area contributed by atoms with E-state index in [0.29, 0.717) is 11.3 Å². The maximum atomic E-state index is 13.1. The van der Waals surface area contributed by atoms with Gasteiger partial charge in [-0.15, -0.1) is 0 Å². The maximum Gasteiger partial charge on any atom is 0.255 e. The first kappa shape index (κ1) is 17.4. The van der Waals surface area contributed by atoms with Gasteiger partial charge in [0, 0.05) is 31.2 Å². The molecule has 1 aliphatic heterocycles. The summed E-state index contributed by atoms with van der Waals surface area (Å²) in [6.45, 7) is 2.67. The quantitative estimate of drug-likeness (QED) is 0.731. The first-order chi connectivity index (χ1) is 13.2. The molecule has 0 saturated carbocycles. The number of rotatable bonds is 5. The molecule has 1 fully saturated rings. The summed E-state index contributed by atoms with van der Waals surface area (Å²) in [5.41, 5.74) is 3.09. The van der Waals surface area contributed by atoms with Crippen molar-refractivity contribution >= 4 is 5.91 Å². The third kappa shape index (κ3) is 4.06. The first-order valence-corrected chi connectivity index (χ1v) is 9.05. The Balaban J connectivity index is 1.39. The normalized spacial score (nSPS) is 17.1. The molecule has 3 aromatic rings. The van der Waals surface area contributed by atoms with Crippen molar-refractivity contribution in [1.29, 1.82) is 0 Å². The van der Waals surface area contributed by atoms with Gasteiger partial charge in [0.2, 0.25) is 0 Å². The number of carbonyl (C=O) groups is 1. The lowest BCUT2D eigenvalue weighted by atomic mass is 10.1. The van der Waals surface area contributed by atoms with Gasteiger partial charge >= 0.3 is 0 Å². The zero-order valence-electron chi connectivity index (χ0n) is 14.9. The number of amides is 1. The number of aromatic nitrogens is 2. The van der Waals surface area contributed by atoms with E-state index in [-0.39, 0.29) is 17.8 Å². The van der Waals surface area contributed by atoms with Crippen LogP contribution in [0.3, 0.4) is 0 Å². The largest absolute Gasteiger partial charge is 0.348 e. The van der Waals surface area contributed by atoms with Crippen molar-refractivity contribution in [3.63, 3.8) is 0 Å². The number of halogens is 1. The van der Waals surface area contributed by atoms with E-state index in [9.17, 15) is 9.18 Å². The molecule has 1 saturated heterocycles. The minimum Gasteiger partial charge on any atom is -0.348 e. The van der Waals surface area contributed by atoms with E-state index >= 15 is 0 Å². The van der Waals surface area contributed by atoms with E-state index < -0.39 is 0 Å².